The van der Waals surface area contributed by atoms with Crippen molar-refractivity contribution in [2.75, 3.05) is 0 Å². The van der Waals surface area contributed by atoms with Crippen LogP contribution in [0.1, 0.15) is 5.69 Å². The lowest BCUT2D eigenvalue weighted by atomic mass is 10.2. The summed E-state index contributed by atoms with van der Waals surface area (Å²) in [5.41, 5.74) is 6.70. The predicted octanol–water partition coefficient (Wildman–Crippen LogP) is 2.71. The summed E-state index contributed by atoms with van der Waals surface area (Å²) < 4.78 is 5.72. The molecular formula is C15H12N4O. The van der Waals surface area contributed by atoms with E-state index in [1.165, 1.54) is 0 Å². The zero-order valence-corrected chi connectivity index (χ0v) is 10.6. The van der Waals surface area contributed by atoms with Gasteiger partial charge in [-0.1, -0.05) is 18.2 Å². The molecule has 5 nitrogen and oxygen atoms in total. The van der Waals surface area contributed by atoms with Crippen LogP contribution in [0.25, 0.3) is 10.9 Å². The van der Waals surface area contributed by atoms with E-state index in [4.69, 9.17) is 15.9 Å². The number of fused-ring (bicyclic) bond motifs is 1. The molecule has 0 fully saturated rings. The standard InChI is InChI=1S/C15H12N4O/c16-15(17)14-8-11(5-6-18-14)20-12-7-10-3-1-2-4-13(10)19-9-12/h1-9H,(H3,16,17). The van der Waals surface area contributed by atoms with Gasteiger partial charge in [0.2, 0.25) is 0 Å². The zero-order valence-electron chi connectivity index (χ0n) is 10.6. The van der Waals surface area contributed by atoms with Gasteiger partial charge in [-0.3, -0.25) is 15.4 Å². The van der Waals surface area contributed by atoms with Crippen LogP contribution in [-0.2, 0) is 0 Å². The predicted molar refractivity (Wildman–Crippen MR) is 77.1 cm³/mol. The number of hydrogen-bond donors (Lipinski definition) is 2. The summed E-state index contributed by atoms with van der Waals surface area (Å²) in [4.78, 5) is 8.31. The minimum absolute atomic E-state index is 0.0907. The molecule has 5 heteroatoms. The van der Waals surface area contributed by atoms with Gasteiger partial charge in [0.25, 0.3) is 0 Å². The Balaban J connectivity index is 1.92. The summed E-state index contributed by atoms with van der Waals surface area (Å²) >= 11 is 0. The lowest BCUT2D eigenvalue weighted by Crippen LogP contribution is -2.12. The van der Waals surface area contributed by atoms with E-state index >= 15 is 0 Å². The molecule has 1 aromatic carbocycles. The average molecular weight is 264 g/mol. The molecule has 0 radical (unpaired) electrons. The van der Waals surface area contributed by atoms with Crippen molar-refractivity contribution in [3.8, 4) is 11.5 Å². The number of para-hydroxylation sites is 1. The molecule has 20 heavy (non-hydrogen) atoms. The highest BCUT2D eigenvalue weighted by Crippen LogP contribution is 2.23. The molecular weight excluding hydrogens is 252 g/mol. The fourth-order valence-electron chi connectivity index (χ4n) is 1.86. The Hall–Kier alpha value is -2.95. The van der Waals surface area contributed by atoms with Crippen LogP contribution in [0, 0.1) is 5.41 Å². The van der Waals surface area contributed by atoms with Crippen LogP contribution in [0.2, 0.25) is 0 Å². The molecule has 0 saturated heterocycles. The number of nitrogens with one attached hydrogen (secondary N) is 1. The van der Waals surface area contributed by atoms with Crippen molar-refractivity contribution in [2.24, 2.45) is 5.73 Å². The molecule has 3 aromatic rings. The van der Waals surface area contributed by atoms with Crippen LogP contribution < -0.4 is 10.5 Å². The first-order valence-corrected chi connectivity index (χ1v) is 6.05. The Kier molecular flexibility index (Phi) is 3.01. The number of nitrogens with two attached hydrogens (primary N) is 1. The Morgan fingerprint density at radius 2 is 1.90 bits per heavy atom. The van der Waals surface area contributed by atoms with Crippen molar-refractivity contribution in [3.63, 3.8) is 0 Å². The van der Waals surface area contributed by atoms with E-state index in [-0.39, 0.29) is 5.84 Å². The fourth-order valence-corrected chi connectivity index (χ4v) is 1.86. The molecule has 0 aliphatic rings. The van der Waals surface area contributed by atoms with Gasteiger partial charge in [-0.15, -0.1) is 0 Å². The maximum Gasteiger partial charge on any atom is 0.146 e. The summed E-state index contributed by atoms with van der Waals surface area (Å²) in [6.45, 7) is 0. The van der Waals surface area contributed by atoms with Crippen LogP contribution >= 0.6 is 0 Å². The second kappa shape index (κ2) is 4.97. The lowest BCUT2D eigenvalue weighted by Gasteiger charge is -2.07. The molecule has 3 N–H and O–H groups in total. The largest absolute Gasteiger partial charge is 0.456 e. The average Bonchev–Trinajstić information content (AvgIpc) is 2.47. The van der Waals surface area contributed by atoms with E-state index in [1.807, 2.05) is 30.3 Å². The summed E-state index contributed by atoms with van der Waals surface area (Å²) in [5.74, 6) is 1.11. The number of nitrogen functional groups attached to an aromatic ring is 1. The number of hydrogen-bond acceptors (Lipinski definition) is 4. The molecule has 0 aliphatic heterocycles. The molecule has 98 valence electrons. The van der Waals surface area contributed by atoms with Crippen LogP contribution in [0.15, 0.2) is 54.9 Å². The first-order chi connectivity index (χ1) is 9.72. The van der Waals surface area contributed by atoms with Crippen LogP contribution in [0.3, 0.4) is 0 Å². The number of ether oxygens (including phenoxy) is 1. The van der Waals surface area contributed by atoms with Gasteiger partial charge in [0.05, 0.1) is 11.7 Å². The Bertz CT molecular complexity index is 785. The third-order valence-electron chi connectivity index (χ3n) is 2.81. The van der Waals surface area contributed by atoms with Crippen molar-refractivity contribution in [3.05, 3.63) is 60.6 Å². The minimum Gasteiger partial charge on any atom is -0.456 e. The number of pyridine rings is 2. The van der Waals surface area contributed by atoms with Crippen molar-refractivity contribution < 1.29 is 4.74 Å². The SMILES string of the molecule is N=C(N)c1cc(Oc2cnc3ccccc3c2)ccn1. The molecule has 0 amide bonds. The van der Waals surface area contributed by atoms with Crippen LogP contribution in [-0.4, -0.2) is 15.8 Å². The van der Waals surface area contributed by atoms with Gasteiger partial charge in [-0.25, -0.2) is 0 Å². The molecule has 2 aromatic heterocycles. The quantitative estimate of drug-likeness (QED) is 0.562. The number of nitrogens with zero attached hydrogens (tertiary/aromatic N) is 2. The summed E-state index contributed by atoms with van der Waals surface area (Å²) in [5, 5.41) is 8.37. The van der Waals surface area contributed by atoms with E-state index in [0.717, 1.165) is 10.9 Å². The molecule has 0 atom stereocenters. The fraction of sp³-hybridized carbons (Fsp3) is 0. The van der Waals surface area contributed by atoms with E-state index in [0.29, 0.717) is 17.2 Å². The maximum absolute atomic E-state index is 7.37. The van der Waals surface area contributed by atoms with Gasteiger partial charge in [0.15, 0.2) is 0 Å². The maximum atomic E-state index is 7.37. The third-order valence-corrected chi connectivity index (χ3v) is 2.81. The molecule has 3 rings (SSSR count). The topological polar surface area (TPSA) is 84.9 Å². The monoisotopic (exact) mass is 264 g/mol. The van der Waals surface area contributed by atoms with E-state index in [9.17, 15) is 0 Å². The van der Waals surface area contributed by atoms with Gasteiger partial charge in [-0.2, -0.15) is 0 Å². The number of amidine groups is 1. The van der Waals surface area contributed by atoms with Gasteiger partial charge in [-0.05, 0) is 18.2 Å². The first kappa shape index (κ1) is 12.1. The Labute approximate surface area is 115 Å². The first-order valence-electron chi connectivity index (χ1n) is 6.05. The summed E-state index contributed by atoms with van der Waals surface area (Å²) in [6, 6.07) is 13.1. The second-order valence-electron chi connectivity index (χ2n) is 4.26. The van der Waals surface area contributed by atoms with Crippen molar-refractivity contribution in [1.29, 1.82) is 5.41 Å². The van der Waals surface area contributed by atoms with E-state index < -0.39 is 0 Å². The smallest absolute Gasteiger partial charge is 0.146 e. The lowest BCUT2D eigenvalue weighted by molar-refractivity contribution is 0.480. The van der Waals surface area contributed by atoms with Gasteiger partial charge >= 0.3 is 0 Å². The normalized spacial score (nSPS) is 10.4. The minimum atomic E-state index is -0.0907. The zero-order chi connectivity index (χ0) is 13.9. The molecule has 0 saturated carbocycles. The molecule has 0 unspecified atom stereocenters. The third kappa shape index (κ3) is 2.42. The van der Waals surface area contributed by atoms with Crippen LogP contribution in [0.4, 0.5) is 0 Å². The van der Waals surface area contributed by atoms with Crippen molar-refractivity contribution >= 4 is 16.7 Å². The molecule has 0 bridgehead atoms. The molecule has 0 spiro atoms. The van der Waals surface area contributed by atoms with E-state index in [2.05, 4.69) is 9.97 Å². The van der Waals surface area contributed by atoms with Crippen molar-refractivity contribution in [1.82, 2.24) is 9.97 Å². The Morgan fingerprint density at radius 1 is 1.05 bits per heavy atom. The van der Waals surface area contributed by atoms with E-state index in [1.54, 1.807) is 24.5 Å². The number of aromatic nitrogens is 2. The highest BCUT2D eigenvalue weighted by molar-refractivity contribution is 5.93. The van der Waals surface area contributed by atoms with Crippen molar-refractivity contribution in [2.45, 2.75) is 0 Å². The summed E-state index contributed by atoms with van der Waals surface area (Å²) in [7, 11) is 0. The van der Waals surface area contributed by atoms with Gasteiger partial charge in [0, 0.05) is 17.6 Å². The summed E-state index contributed by atoms with van der Waals surface area (Å²) in [6.07, 6.45) is 3.22. The highest BCUT2D eigenvalue weighted by Gasteiger charge is 2.03. The van der Waals surface area contributed by atoms with Gasteiger partial charge in [0.1, 0.15) is 23.0 Å². The molecule has 0 aliphatic carbocycles. The second-order valence-corrected chi connectivity index (χ2v) is 4.26. The van der Waals surface area contributed by atoms with Gasteiger partial charge < -0.3 is 10.5 Å². The Morgan fingerprint density at radius 3 is 2.75 bits per heavy atom. The number of rotatable bonds is 3. The highest BCUT2D eigenvalue weighted by atomic mass is 16.5. The van der Waals surface area contributed by atoms with Crippen LogP contribution in [0.5, 0.6) is 11.5 Å². The molecule has 2 heterocycles. The number of benzene rings is 1.